The van der Waals surface area contributed by atoms with Crippen LogP contribution in [0.4, 0.5) is 0 Å². The molecule has 2 aliphatic heterocycles. The number of carbonyl (C=O) groups excluding carboxylic acids is 6. The van der Waals surface area contributed by atoms with Crippen molar-refractivity contribution >= 4 is 35.4 Å². The molecular formula is C46H56N6O6. The average Bonchev–Trinajstić information content (AvgIpc) is 4.09. The molecule has 6 amide bonds. The van der Waals surface area contributed by atoms with Crippen molar-refractivity contribution in [1.82, 2.24) is 31.1 Å². The molecule has 4 N–H and O–H groups in total. The van der Waals surface area contributed by atoms with Crippen LogP contribution in [0.25, 0.3) is 0 Å². The second-order valence-corrected chi connectivity index (χ2v) is 16.4. The smallest absolute Gasteiger partial charge is 0.253 e. The molecule has 306 valence electrons. The summed E-state index contributed by atoms with van der Waals surface area (Å²) in [5.74, 6) is -3.89. The summed E-state index contributed by atoms with van der Waals surface area (Å²) >= 11 is 0. The van der Waals surface area contributed by atoms with E-state index in [4.69, 9.17) is 0 Å². The zero-order valence-electron chi connectivity index (χ0n) is 33.5. The van der Waals surface area contributed by atoms with Crippen molar-refractivity contribution in [2.24, 2.45) is 23.7 Å². The first-order chi connectivity index (χ1) is 28.2. The molecular weight excluding hydrogens is 733 g/mol. The lowest BCUT2D eigenvalue weighted by atomic mass is 9.94. The molecule has 0 radical (unpaired) electrons. The number of nitrogens with zero attached hydrogens (tertiary/aromatic N) is 2. The Hall–Kier alpha value is -5.52. The van der Waals surface area contributed by atoms with Gasteiger partial charge in [0, 0.05) is 74.3 Å². The Morgan fingerprint density at radius 2 is 0.845 bits per heavy atom. The number of carbonyl (C=O) groups is 6. The quantitative estimate of drug-likeness (QED) is 0.159. The lowest BCUT2D eigenvalue weighted by Gasteiger charge is -2.18. The van der Waals surface area contributed by atoms with Crippen LogP contribution < -0.4 is 21.3 Å². The van der Waals surface area contributed by atoms with Gasteiger partial charge < -0.3 is 31.1 Å². The number of likely N-dealkylation sites (tertiary alicyclic amines) is 2. The monoisotopic (exact) mass is 788 g/mol. The molecule has 12 heteroatoms. The highest BCUT2D eigenvalue weighted by Gasteiger charge is 2.49. The molecule has 2 aliphatic carbocycles. The summed E-state index contributed by atoms with van der Waals surface area (Å²) in [6, 6.07) is 26.4. The van der Waals surface area contributed by atoms with Crippen LogP contribution in [0.5, 0.6) is 0 Å². The number of hydrogen-bond donors (Lipinski definition) is 4. The molecule has 2 saturated carbocycles. The van der Waals surface area contributed by atoms with E-state index in [0.717, 1.165) is 49.7 Å². The van der Waals surface area contributed by atoms with E-state index in [-0.39, 0.29) is 85.5 Å². The van der Waals surface area contributed by atoms with Crippen molar-refractivity contribution in [1.29, 1.82) is 0 Å². The normalized spacial score (nSPS) is 25.8. The molecule has 58 heavy (non-hydrogen) atoms. The summed E-state index contributed by atoms with van der Waals surface area (Å²) in [5.41, 5.74) is 2.99. The van der Waals surface area contributed by atoms with Crippen LogP contribution in [0.3, 0.4) is 0 Å². The van der Waals surface area contributed by atoms with E-state index in [1.807, 2.05) is 50.2 Å². The first-order valence-corrected chi connectivity index (χ1v) is 21.1. The number of amides is 6. The van der Waals surface area contributed by atoms with Gasteiger partial charge in [-0.1, -0.05) is 87.4 Å². The third kappa shape index (κ3) is 9.43. The fraction of sp³-hybridized carbons (Fsp3) is 0.478. The molecule has 0 aromatic heterocycles. The predicted octanol–water partition coefficient (Wildman–Crippen LogP) is 4.24. The minimum atomic E-state index is -0.717. The van der Waals surface area contributed by atoms with Crippen molar-refractivity contribution in [3.63, 3.8) is 0 Å². The van der Waals surface area contributed by atoms with Gasteiger partial charge in [-0.3, -0.25) is 28.8 Å². The zero-order valence-corrected chi connectivity index (χ0v) is 33.5. The molecule has 0 spiro atoms. The van der Waals surface area contributed by atoms with Gasteiger partial charge in [0.1, 0.15) is 0 Å². The van der Waals surface area contributed by atoms with Gasteiger partial charge in [0.15, 0.2) is 0 Å². The fourth-order valence-electron chi connectivity index (χ4n) is 8.59. The second-order valence-electron chi connectivity index (χ2n) is 16.4. The van der Waals surface area contributed by atoms with E-state index in [0.29, 0.717) is 24.2 Å². The maximum Gasteiger partial charge on any atom is 0.253 e. The van der Waals surface area contributed by atoms with Gasteiger partial charge >= 0.3 is 0 Å². The molecule has 0 bridgehead atoms. The highest BCUT2D eigenvalue weighted by Crippen LogP contribution is 2.42. The van der Waals surface area contributed by atoms with Gasteiger partial charge in [-0.05, 0) is 61.1 Å². The molecule has 8 atom stereocenters. The SMILES string of the molecule is CCCCNC(=O)[C@@H]1CN(C(=O)c2ccc(C(=O)N3C[C@@H](C(=O)N[C@H]4C[C@@H]4c4ccccc4)[C@H](C(=O)N[C@@H]4C[C@H]4c4ccccc4)C3)cc2)C[C@H]1C(=O)NCCCC. The molecule has 2 heterocycles. The Kier molecular flexibility index (Phi) is 12.9. The minimum Gasteiger partial charge on any atom is -0.356 e. The Bertz CT molecular complexity index is 1850. The Morgan fingerprint density at radius 3 is 1.19 bits per heavy atom. The average molecular weight is 789 g/mol. The van der Waals surface area contributed by atoms with Gasteiger partial charge in [0.05, 0.1) is 23.7 Å². The minimum absolute atomic E-state index is 0.0219. The maximum absolute atomic E-state index is 14.0. The van der Waals surface area contributed by atoms with Crippen molar-refractivity contribution in [3.8, 4) is 0 Å². The number of hydrogen-bond acceptors (Lipinski definition) is 6. The fourth-order valence-corrected chi connectivity index (χ4v) is 8.59. The molecule has 2 saturated heterocycles. The van der Waals surface area contributed by atoms with Crippen LogP contribution in [0.2, 0.25) is 0 Å². The lowest BCUT2D eigenvalue weighted by molar-refractivity contribution is -0.133. The molecule has 7 rings (SSSR count). The summed E-state index contributed by atoms with van der Waals surface area (Å²) in [7, 11) is 0. The molecule has 0 unspecified atom stereocenters. The summed E-state index contributed by atoms with van der Waals surface area (Å²) in [6.07, 6.45) is 5.14. The van der Waals surface area contributed by atoms with Crippen molar-refractivity contribution in [2.45, 2.75) is 76.3 Å². The molecule has 12 nitrogen and oxygen atoms in total. The first-order valence-electron chi connectivity index (χ1n) is 21.1. The van der Waals surface area contributed by atoms with E-state index >= 15 is 0 Å². The van der Waals surface area contributed by atoms with E-state index < -0.39 is 23.7 Å². The first kappa shape index (κ1) is 40.7. The van der Waals surface area contributed by atoms with Crippen LogP contribution in [-0.4, -0.2) is 96.6 Å². The van der Waals surface area contributed by atoms with E-state index in [9.17, 15) is 28.8 Å². The number of nitrogens with one attached hydrogen (secondary N) is 4. The van der Waals surface area contributed by atoms with E-state index in [1.165, 1.54) is 0 Å². The van der Waals surface area contributed by atoms with Gasteiger partial charge in [-0.2, -0.15) is 0 Å². The standard InChI is InChI=1S/C46H56N6O6/c1-3-5-21-47-41(53)35-25-51(26-36(35)42(54)48-22-6-4-2)45(57)31-17-19-32(20-18-31)46(58)52-27-37(43(55)49-39-23-33(39)29-13-9-7-10-14-29)38(28-52)44(56)50-40-24-34(40)30-15-11-8-12-16-30/h7-20,33-40H,3-6,21-28H2,1-2H3,(H,47,53)(H,48,54)(H,49,55)(H,50,56)/t33-,34+,35-,36-,37-,38-,39+,40-/m1/s1. The van der Waals surface area contributed by atoms with Crippen molar-refractivity contribution in [3.05, 3.63) is 107 Å². The van der Waals surface area contributed by atoms with Crippen LogP contribution in [0, 0.1) is 23.7 Å². The van der Waals surface area contributed by atoms with Crippen LogP contribution >= 0.6 is 0 Å². The molecule has 4 aliphatic rings. The third-order valence-electron chi connectivity index (χ3n) is 12.3. The van der Waals surface area contributed by atoms with Gasteiger partial charge in [-0.15, -0.1) is 0 Å². The Labute approximate surface area is 340 Å². The van der Waals surface area contributed by atoms with E-state index in [2.05, 4.69) is 45.5 Å². The summed E-state index contributed by atoms with van der Waals surface area (Å²) < 4.78 is 0. The van der Waals surface area contributed by atoms with Crippen LogP contribution in [0.1, 0.15) is 96.1 Å². The highest BCUT2D eigenvalue weighted by molar-refractivity contribution is 6.00. The summed E-state index contributed by atoms with van der Waals surface area (Å²) in [4.78, 5) is 85.0. The second kappa shape index (κ2) is 18.4. The van der Waals surface area contributed by atoms with Gasteiger partial charge in [0.25, 0.3) is 11.8 Å². The predicted molar refractivity (Wildman–Crippen MR) is 220 cm³/mol. The molecule has 3 aromatic rings. The maximum atomic E-state index is 14.0. The third-order valence-corrected chi connectivity index (χ3v) is 12.3. The van der Waals surface area contributed by atoms with Gasteiger partial charge in [-0.25, -0.2) is 0 Å². The zero-order chi connectivity index (χ0) is 40.8. The topological polar surface area (TPSA) is 157 Å². The van der Waals surface area contributed by atoms with Crippen LogP contribution in [0.15, 0.2) is 84.9 Å². The Morgan fingerprint density at radius 1 is 0.500 bits per heavy atom. The largest absolute Gasteiger partial charge is 0.356 e. The van der Waals surface area contributed by atoms with Crippen molar-refractivity contribution < 1.29 is 28.8 Å². The number of unbranched alkanes of at least 4 members (excludes halogenated alkanes) is 2. The Balaban J connectivity index is 1.01. The van der Waals surface area contributed by atoms with Gasteiger partial charge in [0.2, 0.25) is 23.6 Å². The summed E-state index contributed by atoms with van der Waals surface area (Å²) in [6.45, 7) is 5.51. The number of rotatable bonds is 16. The van der Waals surface area contributed by atoms with E-state index in [1.54, 1.807) is 34.1 Å². The molecule has 4 fully saturated rings. The van der Waals surface area contributed by atoms with Crippen molar-refractivity contribution in [2.75, 3.05) is 39.3 Å². The lowest BCUT2D eigenvalue weighted by Crippen LogP contribution is -2.43. The van der Waals surface area contributed by atoms with Crippen LogP contribution in [-0.2, 0) is 19.2 Å². The number of benzene rings is 3. The highest BCUT2D eigenvalue weighted by atomic mass is 16.2. The summed E-state index contributed by atoms with van der Waals surface area (Å²) in [5, 5.41) is 12.2. The molecule has 3 aromatic carbocycles.